The van der Waals surface area contributed by atoms with Crippen LogP contribution in [0.4, 0.5) is 4.79 Å². The second-order valence-electron chi connectivity index (χ2n) is 8.28. The van der Waals surface area contributed by atoms with Crippen molar-refractivity contribution in [3.63, 3.8) is 0 Å². The lowest BCUT2D eigenvalue weighted by atomic mass is 9.88. The molecule has 0 heterocycles. The maximum absolute atomic E-state index is 13.0. The van der Waals surface area contributed by atoms with E-state index in [0.717, 1.165) is 15.6 Å². The number of rotatable bonds is 8. The van der Waals surface area contributed by atoms with Crippen molar-refractivity contribution in [2.45, 2.75) is 52.2 Å². The first kappa shape index (κ1) is 23.9. The number of halogens is 1. The minimum absolute atomic E-state index is 0.0785. The van der Waals surface area contributed by atoms with Crippen molar-refractivity contribution < 1.29 is 19.1 Å². The third-order valence-corrected chi connectivity index (χ3v) is 5.26. The molecular formula is C24H30BrNO4. The first-order valence-electron chi connectivity index (χ1n) is 9.99. The van der Waals surface area contributed by atoms with Gasteiger partial charge in [-0.2, -0.15) is 0 Å². The topological polar surface area (TPSA) is 64.6 Å². The van der Waals surface area contributed by atoms with Crippen molar-refractivity contribution >= 4 is 27.8 Å². The van der Waals surface area contributed by atoms with Crippen molar-refractivity contribution in [2.75, 3.05) is 7.11 Å². The lowest BCUT2D eigenvalue weighted by Gasteiger charge is -2.27. The van der Waals surface area contributed by atoms with Crippen LogP contribution in [0.3, 0.4) is 0 Å². The summed E-state index contributed by atoms with van der Waals surface area (Å²) in [6.45, 7) is 7.27. The molecular weight excluding hydrogens is 446 g/mol. The number of ketones is 1. The van der Waals surface area contributed by atoms with Crippen molar-refractivity contribution in [3.8, 4) is 5.75 Å². The third kappa shape index (κ3) is 7.48. The zero-order valence-electron chi connectivity index (χ0n) is 18.2. The Morgan fingerprint density at radius 2 is 1.63 bits per heavy atom. The van der Waals surface area contributed by atoms with E-state index in [-0.39, 0.29) is 5.78 Å². The number of nitrogens with one attached hydrogen (secondary N) is 1. The molecule has 0 saturated carbocycles. The number of ether oxygens (including phenoxy) is 2. The number of methoxy groups -OCH3 is 1. The second-order valence-corrected chi connectivity index (χ2v) is 9.19. The molecule has 0 fully saturated rings. The van der Waals surface area contributed by atoms with E-state index in [1.165, 1.54) is 0 Å². The van der Waals surface area contributed by atoms with Crippen molar-refractivity contribution in [2.24, 2.45) is 5.92 Å². The molecule has 2 aromatic rings. The van der Waals surface area contributed by atoms with E-state index in [1.54, 1.807) is 7.11 Å². The Morgan fingerprint density at radius 1 is 1.03 bits per heavy atom. The average molecular weight is 476 g/mol. The molecule has 1 amide bonds. The highest BCUT2D eigenvalue weighted by Crippen LogP contribution is 2.27. The molecule has 0 spiro atoms. The molecule has 0 aliphatic carbocycles. The lowest BCUT2D eigenvalue weighted by Crippen LogP contribution is -2.39. The van der Waals surface area contributed by atoms with Crippen LogP contribution in [0.1, 0.15) is 51.3 Å². The number of hydrogen-bond donors (Lipinski definition) is 1. The van der Waals surface area contributed by atoms with Gasteiger partial charge in [-0.1, -0.05) is 47.1 Å². The molecule has 2 atom stereocenters. The smallest absolute Gasteiger partial charge is 0.408 e. The summed E-state index contributed by atoms with van der Waals surface area (Å²) in [4.78, 5) is 25.4. The van der Waals surface area contributed by atoms with E-state index >= 15 is 0 Å². The zero-order chi connectivity index (χ0) is 22.3. The largest absolute Gasteiger partial charge is 0.497 e. The molecule has 0 unspecified atom stereocenters. The fourth-order valence-electron chi connectivity index (χ4n) is 3.07. The number of aryl methyl sites for hydroxylation is 1. The molecule has 1 N–H and O–H groups in total. The second kappa shape index (κ2) is 10.6. The molecule has 0 aromatic heterocycles. The van der Waals surface area contributed by atoms with E-state index in [9.17, 15) is 9.59 Å². The van der Waals surface area contributed by atoms with Gasteiger partial charge in [0.25, 0.3) is 0 Å². The number of carbonyl (C=O) groups is 2. The molecule has 5 nitrogen and oxygen atoms in total. The Bertz CT molecular complexity index is 841. The summed E-state index contributed by atoms with van der Waals surface area (Å²) in [5.74, 6) is 0.375. The van der Waals surface area contributed by atoms with Gasteiger partial charge in [-0.3, -0.25) is 4.79 Å². The summed E-state index contributed by atoms with van der Waals surface area (Å²) in [5.41, 5.74) is 1.30. The van der Waals surface area contributed by atoms with E-state index in [0.29, 0.717) is 18.6 Å². The van der Waals surface area contributed by atoms with Gasteiger partial charge in [0.15, 0.2) is 0 Å². The Morgan fingerprint density at radius 3 is 2.17 bits per heavy atom. The van der Waals surface area contributed by atoms with Crippen molar-refractivity contribution in [1.29, 1.82) is 0 Å². The van der Waals surface area contributed by atoms with Crippen molar-refractivity contribution in [1.82, 2.24) is 5.32 Å². The number of benzene rings is 2. The molecule has 6 heteroatoms. The Balaban J connectivity index is 2.14. The van der Waals surface area contributed by atoms with E-state index in [4.69, 9.17) is 9.47 Å². The lowest BCUT2D eigenvalue weighted by molar-refractivity contribution is -0.123. The van der Waals surface area contributed by atoms with Crippen LogP contribution in [0.5, 0.6) is 5.75 Å². The van der Waals surface area contributed by atoms with Crippen LogP contribution in [0.2, 0.25) is 0 Å². The summed E-state index contributed by atoms with van der Waals surface area (Å²) in [6.07, 6.45) is 0.500. The van der Waals surface area contributed by atoms with Gasteiger partial charge in [0.05, 0.1) is 13.2 Å². The summed E-state index contributed by atoms with van der Waals surface area (Å²) >= 11 is 3.42. The van der Waals surface area contributed by atoms with Crippen LogP contribution in [-0.2, 0) is 16.0 Å². The van der Waals surface area contributed by atoms with Crippen LogP contribution in [0, 0.1) is 5.92 Å². The van der Waals surface area contributed by atoms with E-state index in [2.05, 4.69) is 21.2 Å². The predicted molar refractivity (Wildman–Crippen MR) is 122 cm³/mol. The molecule has 0 saturated heterocycles. The highest BCUT2D eigenvalue weighted by atomic mass is 79.9. The summed E-state index contributed by atoms with van der Waals surface area (Å²) in [7, 11) is 1.60. The van der Waals surface area contributed by atoms with Gasteiger partial charge >= 0.3 is 6.09 Å². The number of hydrogen-bond acceptors (Lipinski definition) is 4. The molecule has 2 rings (SSSR count). The molecule has 0 radical (unpaired) electrons. The maximum Gasteiger partial charge on any atom is 0.408 e. The van der Waals surface area contributed by atoms with Crippen LogP contribution < -0.4 is 10.1 Å². The fourth-order valence-corrected chi connectivity index (χ4v) is 3.34. The number of alkyl carbamates (subject to hydrolysis) is 1. The Hall–Kier alpha value is -2.34. The molecule has 162 valence electrons. The van der Waals surface area contributed by atoms with Crippen molar-refractivity contribution in [3.05, 3.63) is 64.1 Å². The normalized spacial score (nSPS) is 13.3. The summed E-state index contributed by atoms with van der Waals surface area (Å²) in [5, 5.41) is 2.88. The van der Waals surface area contributed by atoms with Gasteiger partial charge in [-0.15, -0.1) is 0 Å². The van der Waals surface area contributed by atoms with Gasteiger partial charge in [0.1, 0.15) is 17.1 Å². The Labute approximate surface area is 187 Å². The van der Waals surface area contributed by atoms with Crippen LogP contribution >= 0.6 is 15.9 Å². The number of amides is 1. The predicted octanol–water partition coefficient (Wildman–Crippen LogP) is 5.86. The van der Waals surface area contributed by atoms with E-state index < -0.39 is 23.7 Å². The van der Waals surface area contributed by atoms with Gasteiger partial charge in [0.2, 0.25) is 0 Å². The number of Topliss-reactive ketones (excluding diaryl/α,β-unsaturated/α-hetero) is 1. The summed E-state index contributed by atoms with van der Waals surface area (Å²) < 4.78 is 11.6. The molecule has 0 aliphatic heterocycles. The van der Waals surface area contributed by atoms with Gasteiger partial charge < -0.3 is 14.8 Å². The maximum atomic E-state index is 13.0. The van der Waals surface area contributed by atoms with Crippen LogP contribution in [-0.4, -0.2) is 24.6 Å². The van der Waals surface area contributed by atoms with Gasteiger partial charge in [-0.25, -0.2) is 4.79 Å². The molecule has 2 aromatic carbocycles. The van der Waals surface area contributed by atoms with Crippen LogP contribution in [0.25, 0.3) is 0 Å². The van der Waals surface area contributed by atoms with Gasteiger partial charge in [0, 0.05) is 16.8 Å². The monoisotopic (exact) mass is 475 g/mol. The average Bonchev–Trinajstić information content (AvgIpc) is 2.69. The number of carbonyl (C=O) groups excluding carboxylic acids is 2. The quantitative estimate of drug-likeness (QED) is 0.518. The first-order valence-corrected chi connectivity index (χ1v) is 10.8. The van der Waals surface area contributed by atoms with Gasteiger partial charge in [-0.05, 0) is 62.6 Å². The van der Waals surface area contributed by atoms with E-state index in [1.807, 2.05) is 76.2 Å². The van der Waals surface area contributed by atoms with Crippen LogP contribution in [0.15, 0.2) is 53.0 Å². The highest BCUT2D eigenvalue weighted by Gasteiger charge is 2.28. The molecule has 30 heavy (non-hydrogen) atoms. The standard InChI is InChI=1S/C24H30BrNO4/c1-16(21(27)15-8-17-6-11-19(25)12-7-17)22(26-23(28)30-24(2,3)4)18-9-13-20(29-5)14-10-18/h6-7,9-14,16,22H,8,15H2,1-5H3,(H,26,28)/t16-,22-/m0/s1. The molecule has 0 bridgehead atoms. The highest BCUT2D eigenvalue weighted by molar-refractivity contribution is 9.10. The molecule has 0 aliphatic rings. The Kier molecular flexibility index (Phi) is 8.47. The minimum Gasteiger partial charge on any atom is -0.497 e. The first-order chi connectivity index (χ1) is 14.1. The minimum atomic E-state index is -0.622. The zero-order valence-corrected chi connectivity index (χ0v) is 19.8. The summed E-state index contributed by atoms with van der Waals surface area (Å²) in [6, 6.07) is 14.8. The third-order valence-electron chi connectivity index (χ3n) is 4.73. The fraction of sp³-hybridized carbons (Fsp3) is 0.417. The SMILES string of the molecule is COc1ccc([C@@H](NC(=O)OC(C)(C)C)[C@@H](C)C(=O)CCc2ccc(Br)cc2)cc1.